The second-order valence-electron chi connectivity index (χ2n) is 11.4. The first-order valence-corrected chi connectivity index (χ1v) is 16.6. The van der Waals surface area contributed by atoms with Gasteiger partial charge in [-0.1, -0.05) is 6.08 Å². The Balaban J connectivity index is 1.66. The molecule has 0 aromatic rings. The summed E-state index contributed by atoms with van der Waals surface area (Å²) in [5, 5.41) is 21.8. The van der Waals surface area contributed by atoms with Gasteiger partial charge in [-0.25, -0.2) is 0 Å². The summed E-state index contributed by atoms with van der Waals surface area (Å²) in [6, 6.07) is 0.726. The van der Waals surface area contributed by atoms with Crippen molar-refractivity contribution >= 4 is 64.2 Å². The zero-order valence-corrected chi connectivity index (χ0v) is 26.8. The Hall–Kier alpha value is -1.35. The number of carboxylic acid groups (broad SMARTS) is 2. The highest BCUT2D eigenvalue weighted by Crippen LogP contribution is 2.42. The topological polar surface area (TPSA) is 93.0 Å². The molecule has 230 valence electrons. The summed E-state index contributed by atoms with van der Waals surface area (Å²) in [4.78, 5) is 29.3. The zero-order valence-electron chi connectivity index (χ0n) is 23.8. The summed E-state index contributed by atoms with van der Waals surface area (Å²) in [5.41, 5.74) is 0. The van der Waals surface area contributed by atoms with Gasteiger partial charge in [-0.15, -0.1) is 46.4 Å². The second-order valence-corrected chi connectivity index (χ2v) is 13.7. The molecule has 8 unspecified atom stereocenters. The van der Waals surface area contributed by atoms with E-state index >= 15 is 0 Å². The molecule has 0 N–H and O–H groups in total. The average molecular weight is 651 g/mol. The molecule has 3 fully saturated rings. The third kappa shape index (κ3) is 7.25. The van der Waals surface area contributed by atoms with Gasteiger partial charge in [-0.2, -0.15) is 0 Å². The van der Waals surface area contributed by atoms with E-state index in [0.717, 1.165) is 50.4 Å². The Kier molecular flexibility index (Phi) is 11.4. The minimum absolute atomic E-state index is 0.00167. The Morgan fingerprint density at radius 3 is 1.93 bits per heavy atom. The van der Waals surface area contributed by atoms with Crippen LogP contribution in [-0.2, 0) is 9.59 Å². The number of alkyl halides is 4. The van der Waals surface area contributed by atoms with Crippen LogP contribution in [0.2, 0.25) is 0 Å². The normalized spacial score (nSPS) is 34.6. The summed E-state index contributed by atoms with van der Waals surface area (Å²) >= 11 is 26.4. The quantitative estimate of drug-likeness (QED) is 0.236. The number of carbonyl (C=O) groups excluding carboxylic acids is 2. The molecule has 2 aliphatic carbocycles. The van der Waals surface area contributed by atoms with Crippen molar-refractivity contribution in [3.05, 3.63) is 24.0 Å². The number of hydrogen-bond donors (Lipinski definition) is 0. The molecule has 4 rings (SSSR count). The molecule has 0 radical (unpaired) electrons. The van der Waals surface area contributed by atoms with E-state index in [1.54, 1.807) is 0 Å². The van der Waals surface area contributed by atoms with Crippen LogP contribution in [0.3, 0.4) is 0 Å². The molecule has 2 saturated carbocycles. The first-order chi connectivity index (χ1) is 19.6. The van der Waals surface area contributed by atoms with Crippen LogP contribution < -0.4 is 10.2 Å². The number of halogens is 4. The highest BCUT2D eigenvalue weighted by molar-refractivity contribution is 6.30. The molecule has 41 heavy (non-hydrogen) atoms. The predicted octanol–water partition coefficient (Wildman–Crippen LogP) is 2.32. The molecule has 0 aromatic heterocycles. The van der Waals surface area contributed by atoms with E-state index in [-0.39, 0.29) is 58.5 Å². The van der Waals surface area contributed by atoms with Gasteiger partial charge in [0.15, 0.2) is 0 Å². The molecular weight excluding hydrogens is 610 g/mol. The maximum Gasteiger partial charge on any atom is 0.272 e. The standard InChI is InChI=1S/C29H42Cl4N4O4/c1-3-34-22-14-18(30)20(32)16-24(22)36(12-6-10-28(38)39)26(34)8-5-9-27-35(4-2)23-15-19(31)21(33)17-25(23)37(27)13-7-11-29(40)41/h5,8-9,18-25H,3-4,6-7,10-17H2,1-2H3,(H-,38,39,40,41)/p-1. The Labute approximate surface area is 263 Å². The summed E-state index contributed by atoms with van der Waals surface area (Å²) in [7, 11) is 0. The summed E-state index contributed by atoms with van der Waals surface area (Å²) in [5.74, 6) is -0.0184. The first kappa shape index (κ1) is 32.6. The second kappa shape index (κ2) is 14.4. The number of carbonyl (C=O) groups is 2. The molecule has 12 heteroatoms. The van der Waals surface area contributed by atoms with Crippen LogP contribution >= 0.6 is 46.4 Å². The van der Waals surface area contributed by atoms with E-state index in [4.69, 9.17) is 46.4 Å². The fourth-order valence-electron chi connectivity index (χ4n) is 7.24. The number of hydrogen-bond acceptors (Lipinski definition) is 7. The fourth-order valence-corrected chi connectivity index (χ4v) is 8.38. The average Bonchev–Trinajstić information content (AvgIpc) is 3.34. The van der Waals surface area contributed by atoms with Crippen molar-refractivity contribution in [3.8, 4) is 0 Å². The molecule has 8 atom stereocenters. The number of rotatable bonds is 12. The summed E-state index contributed by atoms with van der Waals surface area (Å²) in [6.45, 7) is 7.00. The van der Waals surface area contributed by atoms with Crippen molar-refractivity contribution in [2.24, 2.45) is 0 Å². The van der Waals surface area contributed by atoms with E-state index in [1.807, 2.05) is 0 Å². The first-order valence-electron chi connectivity index (χ1n) is 14.8. The summed E-state index contributed by atoms with van der Waals surface area (Å²) in [6.07, 6.45) is 10.2. The number of aliphatic carboxylic acids is 2. The summed E-state index contributed by atoms with van der Waals surface area (Å²) < 4.78 is 2.30. The molecule has 8 nitrogen and oxygen atoms in total. The lowest BCUT2D eigenvalue weighted by molar-refractivity contribution is -0.562. The monoisotopic (exact) mass is 649 g/mol. The Morgan fingerprint density at radius 1 is 0.805 bits per heavy atom. The largest absolute Gasteiger partial charge is 0.550 e. The zero-order chi connectivity index (χ0) is 29.8. The molecule has 0 bridgehead atoms. The van der Waals surface area contributed by atoms with Gasteiger partial charge in [0.25, 0.3) is 5.84 Å². The molecule has 4 aliphatic rings. The van der Waals surface area contributed by atoms with E-state index in [9.17, 15) is 19.8 Å². The molecule has 1 saturated heterocycles. The third-order valence-corrected chi connectivity index (χ3v) is 11.2. The van der Waals surface area contributed by atoms with Gasteiger partial charge in [0.1, 0.15) is 17.9 Å². The predicted molar refractivity (Wildman–Crippen MR) is 159 cm³/mol. The smallest absolute Gasteiger partial charge is 0.272 e. The van der Waals surface area contributed by atoms with Crippen LogP contribution in [0.5, 0.6) is 0 Å². The van der Waals surface area contributed by atoms with Crippen molar-refractivity contribution in [1.82, 2.24) is 14.7 Å². The number of carboxylic acids is 2. The van der Waals surface area contributed by atoms with Crippen molar-refractivity contribution < 1.29 is 24.4 Å². The minimum atomic E-state index is -1.05. The molecule has 0 spiro atoms. The van der Waals surface area contributed by atoms with Crippen LogP contribution in [-0.4, -0.2) is 109 Å². The maximum atomic E-state index is 11.2. The fraction of sp³-hybridized carbons (Fsp3) is 0.759. The third-order valence-electron chi connectivity index (χ3n) is 9.05. The highest BCUT2D eigenvalue weighted by Gasteiger charge is 2.51. The van der Waals surface area contributed by atoms with Crippen molar-refractivity contribution in [2.75, 3.05) is 26.2 Å². The van der Waals surface area contributed by atoms with Gasteiger partial charge in [0, 0.05) is 43.9 Å². The number of amidine groups is 1. The van der Waals surface area contributed by atoms with Gasteiger partial charge >= 0.3 is 0 Å². The van der Waals surface area contributed by atoms with Crippen molar-refractivity contribution in [3.63, 3.8) is 0 Å². The molecule has 2 heterocycles. The molecule has 0 aromatic carbocycles. The minimum Gasteiger partial charge on any atom is -0.550 e. The van der Waals surface area contributed by atoms with Gasteiger partial charge in [0.05, 0.1) is 46.7 Å². The van der Waals surface area contributed by atoms with Gasteiger partial charge in [-0.05, 0) is 58.4 Å². The van der Waals surface area contributed by atoms with Crippen LogP contribution in [0.4, 0.5) is 0 Å². The lowest BCUT2D eigenvalue weighted by Crippen LogP contribution is -2.48. The van der Waals surface area contributed by atoms with E-state index in [1.165, 1.54) is 0 Å². The van der Waals surface area contributed by atoms with E-state index < -0.39 is 11.9 Å². The molecule has 2 aliphatic heterocycles. The maximum absolute atomic E-state index is 11.2. The van der Waals surface area contributed by atoms with Crippen LogP contribution in [0.15, 0.2) is 24.0 Å². The SMILES string of the molecule is CCN1C(=CC=CC2=[N+](CCCC(=O)[O-])C3CC(Cl)C(Cl)CC3N2CC)N(CCCC(=O)[O-])C2CC(Cl)C(Cl)CC21. The van der Waals surface area contributed by atoms with Crippen LogP contribution in [0.25, 0.3) is 0 Å². The van der Waals surface area contributed by atoms with E-state index in [0.29, 0.717) is 25.9 Å². The molecule has 0 amide bonds. The van der Waals surface area contributed by atoms with E-state index in [2.05, 4.69) is 51.4 Å². The van der Waals surface area contributed by atoms with Gasteiger partial charge < -0.3 is 29.6 Å². The molecular formula is C29H41Cl4N4O4-. The van der Waals surface area contributed by atoms with Crippen LogP contribution in [0, 0.1) is 0 Å². The Morgan fingerprint density at radius 2 is 1.34 bits per heavy atom. The van der Waals surface area contributed by atoms with Crippen molar-refractivity contribution in [2.45, 2.75) is 111 Å². The number of allylic oxidation sites excluding steroid dienone is 2. The Bertz CT molecular complexity index is 1060. The number of fused-ring (bicyclic) bond motifs is 2. The van der Waals surface area contributed by atoms with Crippen LogP contribution in [0.1, 0.15) is 65.2 Å². The number of nitrogens with zero attached hydrogens (tertiary/aromatic N) is 4. The lowest BCUT2D eigenvalue weighted by Gasteiger charge is -2.37. The van der Waals surface area contributed by atoms with Gasteiger partial charge in [-0.3, -0.25) is 9.48 Å². The van der Waals surface area contributed by atoms with Gasteiger partial charge in [0.2, 0.25) is 0 Å². The number of likely N-dealkylation sites (N-methyl/N-ethyl adjacent to an activating group) is 2. The highest BCUT2D eigenvalue weighted by atomic mass is 35.5. The van der Waals surface area contributed by atoms with Crippen molar-refractivity contribution in [1.29, 1.82) is 0 Å². The lowest BCUT2D eigenvalue weighted by atomic mass is 9.89.